The zero-order valence-electron chi connectivity index (χ0n) is 18.6. The third-order valence-corrected chi connectivity index (χ3v) is 6.24. The van der Waals surface area contributed by atoms with E-state index < -0.39 is 5.54 Å². The summed E-state index contributed by atoms with van der Waals surface area (Å²) >= 11 is 0. The SMILES string of the molecule is O=C(NC1(Cc2ccccc2)CCCCCCCCCCCNC1=O)c1ccccc1. The Hall–Kier alpha value is -2.62. The van der Waals surface area contributed by atoms with E-state index in [4.69, 9.17) is 0 Å². The van der Waals surface area contributed by atoms with E-state index in [1.54, 1.807) is 12.1 Å². The number of rotatable bonds is 4. The minimum absolute atomic E-state index is 0.0577. The average Bonchev–Trinajstić information content (AvgIpc) is 2.80. The molecule has 1 saturated heterocycles. The van der Waals surface area contributed by atoms with Crippen LogP contribution in [0.1, 0.15) is 80.1 Å². The second-order valence-electron chi connectivity index (χ2n) is 8.75. The monoisotopic (exact) mass is 420 g/mol. The smallest absolute Gasteiger partial charge is 0.252 e. The number of carbonyl (C=O) groups is 2. The highest BCUT2D eigenvalue weighted by molar-refractivity contribution is 5.99. The second kappa shape index (κ2) is 12.3. The number of carbonyl (C=O) groups excluding carboxylic acids is 2. The number of nitrogens with one attached hydrogen (secondary N) is 2. The molecule has 2 aromatic rings. The van der Waals surface area contributed by atoms with Crippen molar-refractivity contribution in [2.45, 2.75) is 76.2 Å². The molecule has 1 aliphatic rings. The van der Waals surface area contributed by atoms with Crippen LogP contribution in [0, 0.1) is 0 Å². The maximum atomic E-state index is 13.6. The van der Waals surface area contributed by atoms with Gasteiger partial charge in [0.1, 0.15) is 5.54 Å². The van der Waals surface area contributed by atoms with E-state index >= 15 is 0 Å². The molecule has 31 heavy (non-hydrogen) atoms. The lowest BCUT2D eigenvalue weighted by atomic mass is 9.83. The summed E-state index contributed by atoms with van der Waals surface area (Å²) in [5.74, 6) is -0.245. The number of benzene rings is 2. The Morgan fingerprint density at radius 2 is 1.32 bits per heavy atom. The van der Waals surface area contributed by atoms with E-state index in [2.05, 4.69) is 10.6 Å². The van der Waals surface area contributed by atoms with Gasteiger partial charge in [-0.1, -0.05) is 99.9 Å². The number of amides is 2. The third-order valence-electron chi connectivity index (χ3n) is 6.24. The molecule has 0 bridgehead atoms. The van der Waals surface area contributed by atoms with Gasteiger partial charge in [-0.3, -0.25) is 9.59 Å². The predicted octanol–water partition coefficient (Wildman–Crippen LogP) is 5.43. The Bertz CT molecular complexity index is 807. The molecule has 2 amide bonds. The van der Waals surface area contributed by atoms with E-state index in [-0.39, 0.29) is 11.8 Å². The molecule has 0 spiro atoms. The molecule has 0 saturated carbocycles. The summed E-state index contributed by atoms with van der Waals surface area (Å²) in [5, 5.41) is 6.33. The maximum Gasteiger partial charge on any atom is 0.252 e. The van der Waals surface area contributed by atoms with Gasteiger partial charge in [-0.2, -0.15) is 0 Å². The molecule has 0 aromatic heterocycles. The molecular weight excluding hydrogens is 384 g/mol. The topological polar surface area (TPSA) is 58.2 Å². The summed E-state index contributed by atoms with van der Waals surface area (Å²) in [5.41, 5.74) is 0.701. The summed E-state index contributed by atoms with van der Waals surface area (Å²) in [7, 11) is 0. The largest absolute Gasteiger partial charge is 0.354 e. The van der Waals surface area contributed by atoms with Gasteiger partial charge in [0, 0.05) is 18.5 Å². The van der Waals surface area contributed by atoms with Gasteiger partial charge < -0.3 is 10.6 Å². The van der Waals surface area contributed by atoms with Gasteiger partial charge in [0.15, 0.2) is 0 Å². The van der Waals surface area contributed by atoms with Crippen LogP contribution in [0.5, 0.6) is 0 Å². The normalized spacial score (nSPS) is 21.5. The van der Waals surface area contributed by atoms with Crippen LogP contribution < -0.4 is 10.6 Å². The van der Waals surface area contributed by atoms with Crippen molar-refractivity contribution in [1.29, 1.82) is 0 Å². The fourth-order valence-electron chi connectivity index (χ4n) is 4.43. The summed E-state index contributed by atoms with van der Waals surface area (Å²) in [6.45, 7) is 0.663. The Kier molecular flexibility index (Phi) is 9.14. The summed E-state index contributed by atoms with van der Waals surface area (Å²) in [6.07, 6.45) is 11.6. The molecule has 3 rings (SSSR count). The fraction of sp³-hybridized carbons (Fsp3) is 0.481. The van der Waals surface area contributed by atoms with Gasteiger partial charge in [0.2, 0.25) is 5.91 Å². The zero-order chi connectivity index (χ0) is 21.8. The zero-order valence-corrected chi connectivity index (χ0v) is 18.6. The molecule has 2 N–H and O–H groups in total. The Labute approximate surface area is 186 Å². The van der Waals surface area contributed by atoms with Crippen molar-refractivity contribution >= 4 is 11.8 Å². The Morgan fingerprint density at radius 1 is 0.774 bits per heavy atom. The molecule has 0 aliphatic carbocycles. The number of hydrogen-bond donors (Lipinski definition) is 2. The lowest BCUT2D eigenvalue weighted by molar-refractivity contribution is -0.127. The van der Waals surface area contributed by atoms with Crippen molar-refractivity contribution in [3.8, 4) is 0 Å². The van der Waals surface area contributed by atoms with Crippen molar-refractivity contribution in [3.05, 3.63) is 71.8 Å². The average molecular weight is 421 g/mol. The van der Waals surface area contributed by atoms with Crippen LogP contribution in [-0.2, 0) is 11.2 Å². The van der Waals surface area contributed by atoms with E-state index in [1.165, 1.54) is 32.1 Å². The van der Waals surface area contributed by atoms with Crippen molar-refractivity contribution in [1.82, 2.24) is 10.6 Å². The molecule has 1 atom stereocenters. The summed E-state index contributed by atoms with van der Waals surface area (Å²) < 4.78 is 0. The lowest BCUT2D eigenvalue weighted by Crippen LogP contribution is -2.60. The third kappa shape index (κ3) is 7.23. The van der Waals surface area contributed by atoms with Gasteiger partial charge in [-0.15, -0.1) is 0 Å². The minimum Gasteiger partial charge on any atom is -0.354 e. The van der Waals surface area contributed by atoms with Gasteiger partial charge in [-0.05, 0) is 30.5 Å². The van der Waals surface area contributed by atoms with Gasteiger partial charge in [0.05, 0.1) is 0 Å². The molecule has 1 aliphatic heterocycles. The van der Waals surface area contributed by atoms with Crippen molar-refractivity contribution < 1.29 is 9.59 Å². The molecule has 4 nitrogen and oxygen atoms in total. The van der Waals surface area contributed by atoms with Gasteiger partial charge >= 0.3 is 0 Å². The molecule has 166 valence electrons. The molecule has 1 unspecified atom stereocenters. The van der Waals surface area contributed by atoms with Crippen LogP contribution in [0.2, 0.25) is 0 Å². The van der Waals surface area contributed by atoms with E-state index in [9.17, 15) is 9.59 Å². The van der Waals surface area contributed by atoms with Crippen LogP contribution in [0.4, 0.5) is 0 Å². The van der Waals surface area contributed by atoms with Crippen LogP contribution in [0.15, 0.2) is 60.7 Å². The summed E-state index contributed by atoms with van der Waals surface area (Å²) in [4.78, 5) is 26.7. The fourth-order valence-corrected chi connectivity index (χ4v) is 4.43. The molecule has 4 heteroatoms. The molecule has 1 fully saturated rings. The summed E-state index contributed by atoms with van der Waals surface area (Å²) in [6, 6.07) is 19.2. The predicted molar refractivity (Wildman–Crippen MR) is 126 cm³/mol. The van der Waals surface area contributed by atoms with E-state index in [1.807, 2.05) is 48.5 Å². The van der Waals surface area contributed by atoms with Crippen LogP contribution in [0.25, 0.3) is 0 Å². The van der Waals surface area contributed by atoms with E-state index in [0.717, 1.165) is 31.2 Å². The van der Waals surface area contributed by atoms with Gasteiger partial charge in [0.25, 0.3) is 5.91 Å². The van der Waals surface area contributed by atoms with Crippen molar-refractivity contribution in [3.63, 3.8) is 0 Å². The van der Waals surface area contributed by atoms with Crippen molar-refractivity contribution in [2.24, 2.45) is 0 Å². The Balaban J connectivity index is 1.86. The highest BCUT2D eigenvalue weighted by Crippen LogP contribution is 2.24. The first-order valence-electron chi connectivity index (χ1n) is 11.9. The van der Waals surface area contributed by atoms with E-state index in [0.29, 0.717) is 24.9 Å². The standard InChI is InChI=1S/C27H36N2O2/c30-25(24-18-12-9-13-19-24)29-27(22-23-16-10-8-11-17-23)20-14-6-4-2-1-3-5-7-15-21-28-26(27)31/h8-13,16-19H,1-7,14-15,20-22H2,(H,28,31)(H,29,30). The molecule has 1 heterocycles. The molecule has 2 aromatic carbocycles. The van der Waals surface area contributed by atoms with Crippen LogP contribution >= 0.6 is 0 Å². The van der Waals surface area contributed by atoms with Crippen molar-refractivity contribution in [2.75, 3.05) is 6.54 Å². The van der Waals surface area contributed by atoms with Gasteiger partial charge in [-0.25, -0.2) is 0 Å². The number of hydrogen-bond acceptors (Lipinski definition) is 2. The maximum absolute atomic E-state index is 13.6. The lowest BCUT2D eigenvalue weighted by Gasteiger charge is -2.34. The highest BCUT2D eigenvalue weighted by Gasteiger charge is 2.39. The molecular formula is C27H36N2O2. The highest BCUT2D eigenvalue weighted by atomic mass is 16.2. The first-order chi connectivity index (χ1) is 15.2. The van der Waals surface area contributed by atoms with Crippen LogP contribution in [0.3, 0.4) is 0 Å². The van der Waals surface area contributed by atoms with Crippen LogP contribution in [-0.4, -0.2) is 23.9 Å². The first-order valence-corrected chi connectivity index (χ1v) is 11.9. The Morgan fingerprint density at radius 3 is 1.97 bits per heavy atom. The quantitative estimate of drug-likeness (QED) is 0.693. The molecule has 0 radical (unpaired) electrons. The first kappa shape index (κ1) is 23.1. The minimum atomic E-state index is -0.946. The second-order valence-corrected chi connectivity index (χ2v) is 8.75.